The number of nitrogens with two attached hydrogens (primary N) is 4. The van der Waals surface area contributed by atoms with Crippen molar-refractivity contribution in [3.05, 3.63) is 89.5 Å². The number of nitrogen functional groups attached to an aromatic ring is 4. The molecule has 4 aromatic rings. The van der Waals surface area contributed by atoms with Gasteiger partial charge in [0.1, 0.15) is 0 Å². The lowest BCUT2D eigenvalue weighted by atomic mass is 10.0. The van der Waals surface area contributed by atoms with E-state index in [1.807, 2.05) is 58.0 Å². The lowest BCUT2D eigenvalue weighted by Gasteiger charge is -2.09. The molecule has 4 nitrogen and oxygen atoms in total. The van der Waals surface area contributed by atoms with Crippen LogP contribution in [-0.4, -0.2) is 0 Å². The van der Waals surface area contributed by atoms with E-state index >= 15 is 0 Å². The molecule has 0 saturated carbocycles. The molecule has 0 bridgehead atoms. The van der Waals surface area contributed by atoms with Crippen LogP contribution in [0.1, 0.15) is 38.0 Å². The number of hydrogen-bond acceptors (Lipinski definition) is 5. The summed E-state index contributed by atoms with van der Waals surface area (Å²) in [6.45, 7) is 10.1. The fraction of sp³-hybridized carbons (Fsp3) is 0.214. The molecule has 0 spiro atoms. The summed E-state index contributed by atoms with van der Waals surface area (Å²) >= 11 is 4.32. The van der Waals surface area contributed by atoms with E-state index in [2.05, 4.69) is 37.8 Å². The van der Waals surface area contributed by atoms with Crippen LogP contribution in [0.4, 0.5) is 22.7 Å². The molecule has 0 aliphatic rings. The molecule has 0 saturated heterocycles. The van der Waals surface area contributed by atoms with Gasteiger partial charge in [0.15, 0.2) is 0 Å². The Bertz CT molecular complexity index is 1020. The average Bonchev–Trinajstić information content (AvgIpc) is 2.78. The summed E-state index contributed by atoms with van der Waals surface area (Å²) in [5, 5.41) is 2.42. The summed E-state index contributed by atoms with van der Waals surface area (Å²) in [7, 11) is 0. The minimum atomic E-state index is 0. The van der Waals surface area contributed by atoms with Gasteiger partial charge in [0.05, 0.1) is 0 Å². The number of fused-ring (bicyclic) bond motifs is 1. The van der Waals surface area contributed by atoms with Crippen LogP contribution < -0.4 is 22.9 Å². The monoisotopic (exact) mass is 464 g/mol. The lowest BCUT2D eigenvalue weighted by molar-refractivity contribution is 1.41. The Hall–Kier alpha value is -3.31. The van der Waals surface area contributed by atoms with Crippen molar-refractivity contribution in [1.29, 1.82) is 0 Å². The molecule has 0 aliphatic carbocycles. The van der Waals surface area contributed by atoms with Gasteiger partial charge in [-0.2, -0.15) is 0 Å². The zero-order chi connectivity index (χ0) is 24.3. The van der Waals surface area contributed by atoms with Crippen molar-refractivity contribution in [3.63, 3.8) is 0 Å². The quantitative estimate of drug-likeness (QED) is 0.138. The summed E-state index contributed by atoms with van der Waals surface area (Å²) in [6.07, 6.45) is 0. The van der Waals surface area contributed by atoms with E-state index in [1.54, 1.807) is 24.3 Å². The lowest BCUT2D eigenvalue weighted by Crippen LogP contribution is -1.94. The normalized spacial score (nSPS) is 9.15. The highest BCUT2D eigenvalue weighted by atomic mass is 32.1. The molecule has 0 aliphatic heterocycles. The highest BCUT2D eigenvalue weighted by Crippen LogP contribution is 2.28. The van der Waals surface area contributed by atoms with Crippen molar-refractivity contribution in [1.82, 2.24) is 0 Å². The van der Waals surface area contributed by atoms with Crippen molar-refractivity contribution in [2.75, 3.05) is 22.9 Å². The summed E-state index contributed by atoms with van der Waals surface area (Å²) in [5.41, 5.74) is 28.9. The van der Waals surface area contributed by atoms with Crippen LogP contribution in [0.5, 0.6) is 0 Å². The first-order valence-corrected chi connectivity index (χ1v) is 11.0. The largest absolute Gasteiger partial charge is 0.399 e. The van der Waals surface area contributed by atoms with Gasteiger partial charge in [-0.3, -0.25) is 0 Å². The van der Waals surface area contributed by atoms with Crippen LogP contribution in [0.25, 0.3) is 10.8 Å². The number of hydrogen-bond donors (Lipinski definition) is 5. The third-order valence-electron chi connectivity index (χ3n) is 4.65. The second-order valence-corrected chi connectivity index (χ2v) is 7.73. The van der Waals surface area contributed by atoms with E-state index in [0.717, 1.165) is 38.8 Å². The molecule has 4 rings (SSSR count). The van der Waals surface area contributed by atoms with Crippen LogP contribution in [-0.2, 0) is 0 Å². The third-order valence-corrected chi connectivity index (χ3v) is 4.93. The molecule has 0 heterocycles. The predicted molar refractivity (Wildman–Crippen MR) is 154 cm³/mol. The minimum absolute atomic E-state index is 0. The zero-order valence-corrected chi connectivity index (χ0v) is 20.6. The van der Waals surface area contributed by atoms with Crippen LogP contribution in [0.3, 0.4) is 0 Å². The van der Waals surface area contributed by atoms with Gasteiger partial charge < -0.3 is 22.9 Å². The average molecular weight is 465 g/mol. The van der Waals surface area contributed by atoms with Crippen molar-refractivity contribution < 1.29 is 0 Å². The van der Waals surface area contributed by atoms with E-state index in [9.17, 15) is 0 Å². The van der Waals surface area contributed by atoms with Crippen molar-refractivity contribution in [3.8, 4) is 0 Å². The fourth-order valence-corrected chi connectivity index (χ4v) is 3.04. The second-order valence-electron chi connectivity index (χ2n) is 7.21. The van der Waals surface area contributed by atoms with E-state index in [-0.39, 0.29) is 7.43 Å². The van der Waals surface area contributed by atoms with Crippen molar-refractivity contribution >= 4 is 46.2 Å². The molecule has 0 atom stereocenters. The topological polar surface area (TPSA) is 104 Å². The molecule has 4 aromatic carbocycles. The molecule has 33 heavy (non-hydrogen) atoms. The van der Waals surface area contributed by atoms with Gasteiger partial charge in [0, 0.05) is 27.6 Å². The SMILES string of the molecule is C.CC.Cc1cc2cc(S)ccc2c(C)c1N.Cc1ccc(N)cc1.Nc1ccc(N)cc1. The maximum atomic E-state index is 5.97. The number of anilines is 4. The molecule has 8 N–H and O–H groups in total. The Morgan fingerprint density at radius 1 is 0.606 bits per heavy atom. The minimum Gasteiger partial charge on any atom is -0.399 e. The molecule has 5 heteroatoms. The Morgan fingerprint density at radius 3 is 1.45 bits per heavy atom. The van der Waals surface area contributed by atoms with Gasteiger partial charge in [0.2, 0.25) is 0 Å². The number of aryl methyl sites for hydroxylation is 3. The van der Waals surface area contributed by atoms with Crippen LogP contribution in [0.2, 0.25) is 0 Å². The van der Waals surface area contributed by atoms with Gasteiger partial charge in [-0.05, 0) is 97.3 Å². The first-order chi connectivity index (χ1) is 15.2. The smallest absolute Gasteiger partial charge is 0.0379 e. The van der Waals surface area contributed by atoms with E-state index < -0.39 is 0 Å². The molecule has 0 radical (unpaired) electrons. The molecule has 178 valence electrons. The number of benzene rings is 4. The number of rotatable bonds is 0. The summed E-state index contributed by atoms with van der Waals surface area (Å²) in [6, 6.07) is 23.1. The van der Waals surface area contributed by atoms with Gasteiger partial charge in [-0.1, -0.05) is 45.0 Å². The van der Waals surface area contributed by atoms with E-state index in [0.29, 0.717) is 0 Å². The third kappa shape index (κ3) is 9.79. The summed E-state index contributed by atoms with van der Waals surface area (Å²) in [5.74, 6) is 0. The van der Waals surface area contributed by atoms with Crippen LogP contribution in [0, 0.1) is 20.8 Å². The van der Waals surface area contributed by atoms with Gasteiger partial charge in [-0.15, -0.1) is 12.6 Å². The van der Waals surface area contributed by atoms with Gasteiger partial charge >= 0.3 is 0 Å². The van der Waals surface area contributed by atoms with Gasteiger partial charge in [-0.25, -0.2) is 0 Å². The standard InChI is InChI=1S/C12H13NS.C7H9N.C6H8N2.C2H6.CH4/c1-7-5-9-6-10(14)3-4-11(9)8(2)12(7)13;1-6-2-4-7(8)5-3-6;7-5-1-2-6(8)4-3-5;1-2;/h3-6,14H,13H2,1-2H3;2-5H,8H2,1H3;1-4H,7-8H2;1-2H3;1H4. The molecule has 0 amide bonds. The molecule has 0 unspecified atom stereocenters. The second kappa shape index (κ2) is 14.7. The number of thiol groups is 1. The molecular formula is C28H40N4S. The highest BCUT2D eigenvalue weighted by molar-refractivity contribution is 7.80. The first-order valence-electron chi connectivity index (χ1n) is 10.6. The molecule has 0 fully saturated rings. The Morgan fingerprint density at radius 2 is 1.03 bits per heavy atom. The van der Waals surface area contributed by atoms with Gasteiger partial charge in [0.25, 0.3) is 0 Å². The summed E-state index contributed by atoms with van der Waals surface area (Å²) in [4.78, 5) is 0.987. The summed E-state index contributed by atoms with van der Waals surface area (Å²) < 4.78 is 0. The molecule has 0 aromatic heterocycles. The van der Waals surface area contributed by atoms with Crippen LogP contribution >= 0.6 is 12.6 Å². The van der Waals surface area contributed by atoms with Crippen molar-refractivity contribution in [2.45, 2.75) is 46.9 Å². The van der Waals surface area contributed by atoms with E-state index in [4.69, 9.17) is 22.9 Å². The Balaban J connectivity index is 0.000000468. The zero-order valence-electron chi connectivity index (χ0n) is 19.7. The fourth-order valence-electron chi connectivity index (χ4n) is 2.83. The predicted octanol–water partition coefficient (Wildman–Crippen LogP) is 7.42. The highest BCUT2D eigenvalue weighted by Gasteiger charge is 2.04. The maximum absolute atomic E-state index is 5.97. The van der Waals surface area contributed by atoms with E-state index in [1.165, 1.54) is 16.3 Å². The van der Waals surface area contributed by atoms with Crippen molar-refractivity contribution in [2.24, 2.45) is 0 Å². The molecular weight excluding hydrogens is 424 g/mol. The Kier molecular flexibility index (Phi) is 13.2. The maximum Gasteiger partial charge on any atom is 0.0379 e. The van der Waals surface area contributed by atoms with Crippen LogP contribution in [0.15, 0.2) is 77.7 Å². The first kappa shape index (κ1) is 29.7. The Labute approximate surface area is 205 Å².